The van der Waals surface area contributed by atoms with Crippen LogP contribution in [0, 0.1) is 28.4 Å². The van der Waals surface area contributed by atoms with Crippen LogP contribution in [-0.2, 0) is 0 Å². The second-order valence-corrected chi connectivity index (χ2v) is 12.1. The van der Waals surface area contributed by atoms with E-state index in [9.17, 15) is 13.6 Å². The van der Waals surface area contributed by atoms with Crippen LogP contribution in [0.1, 0.15) is 68.9 Å². The van der Waals surface area contributed by atoms with Gasteiger partial charge in [0.2, 0.25) is 0 Å². The molecule has 7 nitrogen and oxygen atoms in total. The molecule has 1 unspecified atom stereocenters. The minimum absolute atomic E-state index is 0.0139. The SMILES string of the molecule is C=C(/C=C(\N=NC)c1c(F)cccc1F)[C@@H]1CC[C@@](C)(CN(CC)C(=O)c2cnn(C3CCN(C)C3)c2)C1(C)C. The Hall–Kier alpha value is -3.20. The molecule has 1 saturated heterocycles. The smallest absolute Gasteiger partial charge is 0.257 e. The van der Waals surface area contributed by atoms with Gasteiger partial charge in [-0.15, -0.1) is 0 Å². The molecule has 40 heavy (non-hydrogen) atoms. The predicted molar refractivity (Wildman–Crippen MR) is 154 cm³/mol. The standard InChI is InChI=1S/C31H42F2N6O/c1-8-38(29(40)22-17-35-39(18-22)23-13-15-37(7)19-23)20-31(5)14-12-24(30(31,3)4)21(2)16-27(36-34-6)28-25(32)10-9-11-26(28)33/h9-11,16-18,23-24H,2,8,12-15,19-20H2,1,3-7H3/b27-16-,36-34?/t23?,24-,31-/m0/s1. The highest BCUT2D eigenvalue weighted by atomic mass is 19.1. The first kappa shape index (κ1) is 29.8. The van der Waals surface area contributed by atoms with Crippen molar-refractivity contribution < 1.29 is 13.6 Å². The third-order valence-corrected chi connectivity index (χ3v) is 9.41. The number of hydrogen-bond acceptors (Lipinski definition) is 5. The van der Waals surface area contributed by atoms with E-state index in [2.05, 4.69) is 54.6 Å². The highest BCUT2D eigenvalue weighted by molar-refractivity contribution is 5.93. The van der Waals surface area contributed by atoms with Crippen LogP contribution in [0.5, 0.6) is 0 Å². The molecule has 1 aromatic carbocycles. The lowest BCUT2D eigenvalue weighted by atomic mass is 9.64. The molecule has 1 aliphatic carbocycles. The second kappa shape index (κ2) is 11.7. The molecule has 0 bridgehead atoms. The fraction of sp³-hybridized carbons (Fsp3) is 0.548. The molecule has 0 radical (unpaired) electrons. The molecule has 4 rings (SSSR count). The van der Waals surface area contributed by atoms with Crippen molar-refractivity contribution in [1.82, 2.24) is 19.6 Å². The molecule has 0 spiro atoms. The Bertz CT molecular complexity index is 1290. The number of hydrogen-bond donors (Lipinski definition) is 0. The van der Waals surface area contributed by atoms with Gasteiger partial charge in [-0.05, 0) is 80.3 Å². The van der Waals surface area contributed by atoms with Crippen molar-refractivity contribution >= 4 is 11.6 Å². The fourth-order valence-corrected chi connectivity index (χ4v) is 6.48. The number of halogens is 2. The lowest BCUT2D eigenvalue weighted by Crippen LogP contribution is -2.46. The minimum atomic E-state index is -0.692. The first-order valence-electron chi connectivity index (χ1n) is 14.1. The van der Waals surface area contributed by atoms with Gasteiger partial charge in [-0.3, -0.25) is 9.48 Å². The monoisotopic (exact) mass is 552 g/mol. The first-order valence-corrected chi connectivity index (χ1v) is 14.1. The second-order valence-electron chi connectivity index (χ2n) is 12.1. The number of likely N-dealkylation sites (tertiary alicyclic amines) is 1. The van der Waals surface area contributed by atoms with Gasteiger partial charge in [-0.25, -0.2) is 8.78 Å². The van der Waals surface area contributed by atoms with Crippen molar-refractivity contribution in [2.75, 3.05) is 40.3 Å². The topological polar surface area (TPSA) is 66.1 Å². The molecule has 1 amide bonds. The molecule has 2 aliphatic rings. The van der Waals surface area contributed by atoms with Crippen molar-refractivity contribution in [3.63, 3.8) is 0 Å². The van der Waals surface area contributed by atoms with E-state index >= 15 is 0 Å². The zero-order valence-electron chi connectivity index (χ0n) is 24.6. The van der Waals surface area contributed by atoms with Crippen molar-refractivity contribution in [2.24, 2.45) is 27.0 Å². The summed E-state index contributed by atoms with van der Waals surface area (Å²) in [6.45, 7) is 16.1. The summed E-state index contributed by atoms with van der Waals surface area (Å²) in [6.07, 6.45) is 7.98. The van der Waals surface area contributed by atoms with E-state index in [-0.39, 0.29) is 33.9 Å². The van der Waals surface area contributed by atoms with Gasteiger partial charge in [0.15, 0.2) is 0 Å². The highest BCUT2D eigenvalue weighted by Crippen LogP contribution is 2.58. The van der Waals surface area contributed by atoms with Gasteiger partial charge in [0, 0.05) is 32.9 Å². The maximum Gasteiger partial charge on any atom is 0.257 e. The molecule has 2 heterocycles. The lowest BCUT2D eigenvalue weighted by molar-refractivity contribution is 0.0421. The number of amides is 1. The van der Waals surface area contributed by atoms with Crippen LogP contribution in [0.3, 0.4) is 0 Å². The Morgan fingerprint density at radius 3 is 2.55 bits per heavy atom. The van der Waals surface area contributed by atoms with Crippen LogP contribution in [0.15, 0.2) is 59.0 Å². The maximum absolute atomic E-state index is 14.6. The van der Waals surface area contributed by atoms with Crippen LogP contribution in [0.4, 0.5) is 8.78 Å². The molecule has 0 N–H and O–H groups in total. The van der Waals surface area contributed by atoms with Gasteiger partial charge in [0.05, 0.1) is 29.1 Å². The number of azo groups is 1. The van der Waals surface area contributed by atoms with Gasteiger partial charge < -0.3 is 9.80 Å². The maximum atomic E-state index is 14.6. The highest BCUT2D eigenvalue weighted by Gasteiger charge is 2.52. The fourth-order valence-electron chi connectivity index (χ4n) is 6.48. The molecule has 2 aromatic rings. The van der Waals surface area contributed by atoms with Crippen molar-refractivity contribution in [3.05, 3.63) is 71.6 Å². The number of benzene rings is 1. The Kier molecular flexibility index (Phi) is 8.73. The number of carbonyl (C=O) groups excluding carboxylic acids is 1. The minimum Gasteiger partial charge on any atom is -0.338 e. The Morgan fingerprint density at radius 2 is 1.95 bits per heavy atom. The van der Waals surface area contributed by atoms with E-state index in [0.29, 0.717) is 24.7 Å². The third-order valence-electron chi connectivity index (χ3n) is 9.41. The summed E-state index contributed by atoms with van der Waals surface area (Å²) in [5.74, 6) is -1.37. The van der Waals surface area contributed by atoms with Crippen LogP contribution < -0.4 is 0 Å². The van der Waals surface area contributed by atoms with Gasteiger partial charge >= 0.3 is 0 Å². The van der Waals surface area contributed by atoms with Gasteiger partial charge in [0.1, 0.15) is 11.6 Å². The van der Waals surface area contributed by atoms with Crippen molar-refractivity contribution in [2.45, 2.75) is 53.0 Å². The summed E-state index contributed by atoms with van der Waals surface area (Å²) in [7, 11) is 3.57. The number of carbonyl (C=O) groups is 1. The Labute approximate surface area is 236 Å². The number of aromatic nitrogens is 2. The molecule has 216 valence electrons. The number of rotatable bonds is 9. The first-order chi connectivity index (χ1) is 18.9. The average molecular weight is 553 g/mol. The summed E-state index contributed by atoms with van der Waals surface area (Å²) < 4.78 is 31.1. The third kappa shape index (κ3) is 5.66. The Balaban J connectivity index is 1.53. The van der Waals surface area contributed by atoms with E-state index in [4.69, 9.17) is 0 Å². The average Bonchev–Trinajstić information content (AvgIpc) is 3.60. The summed E-state index contributed by atoms with van der Waals surface area (Å²) >= 11 is 0. The lowest BCUT2D eigenvalue weighted by Gasteiger charge is -2.44. The molecule has 1 aromatic heterocycles. The number of nitrogens with zero attached hydrogens (tertiary/aromatic N) is 6. The molecule has 2 fully saturated rings. The zero-order valence-corrected chi connectivity index (χ0v) is 24.6. The van der Waals surface area contributed by atoms with Crippen LogP contribution in [0.25, 0.3) is 5.70 Å². The van der Waals surface area contributed by atoms with Gasteiger partial charge in [-0.1, -0.05) is 33.4 Å². The summed E-state index contributed by atoms with van der Waals surface area (Å²) in [5, 5.41) is 12.4. The van der Waals surface area contributed by atoms with Crippen molar-refractivity contribution in [1.29, 1.82) is 0 Å². The van der Waals surface area contributed by atoms with E-state index in [0.717, 1.165) is 37.9 Å². The van der Waals surface area contributed by atoms with Crippen LogP contribution in [-0.4, -0.2) is 65.8 Å². The van der Waals surface area contributed by atoms with Crippen molar-refractivity contribution in [3.8, 4) is 0 Å². The van der Waals surface area contributed by atoms with Crippen LogP contribution in [0.2, 0.25) is 0 Å². The zero-order chi connectivity index (χ0) is 29.2. The van der Waals surface area contributed by atoms with E-state index in [1.807, 2.05) is 22.7 Å². The van der Waals surface area contributed by atoms with Gasteiger partial charge in [0.25, 0.3) is 5.91 Å². The van der Waals surface area contributed by atoms with Gasteiger partial charge in [-0.2, -0.15) is 15.3 Å². The normalized spacial score (nSPS) is 25.1. The number of likely N-dealkylation sites (N-methyl/N-ethyl adjacent to an activating group) is 1. The van der Waals surface area contributed by atoms with E-state index in [1.54, 1.807) is 12.3 Å². The molecule has 1 saturated carbocycles. The quantitative estimate of drug-likeness (QED) is 0.259. The molecule has 3 atom stereocenters. The molecule has 1 aliphatic heterocycles. The van der Waals surface area contributed by atoms with E-state index < -0.39 is 11.6 Å². The van der Waals surface area contributed by atoms with E-state index in [1.165, 1.54) is 25.2 Å². The summed E-state index contributed by atoms with van der Waals surface area (Å²) in [6, 6.07) is 4.04. The van der Waals surface area contributed by atoms with Crippen LogP contribution >= 0.6 is 0 Å². The molecular formula is C31H42F2N6O. The largest absolute Gasteiger partial charge is 0.338 e. The molecular weight excluding hydrogens is 510 g/mol. The molecule has 9 heteroatoms. The summed E-state index contributed by atoms with van der Waals surface area (Å²) in [4.78, 5) is 17.8. The predicted octanol–water partition coefficient (Wildman–Crippen LogP) is 6.62. The Morgan fingerprint density at radius 1 is 1.25 bits per heavy atom. The number of allylic oxidation sites excluding steroid dienone is 2. The summed E-state index contributed by atoms with van der Waals surface area (Å²) in [5.41, 5.74) is 0.801.